The second-order valence-electron chi connectivity index (χ2n) is 5.78. The van der Waals surface area contributed by atoms with E-state index in [2.05, 4.69) is 5.32 Å². The van der Waals surface area contributed by atoms with Crippen LogP contribution in [0.2, 0.25) is 0 Å². The van der Waals surface area contributed by atoms with Crippen LogP contribution in [0.5, 0.6) is 0 Å². The van der Waals surface area contributed by atoms with Gasteiger partial charge in [-0.25, -0.2) is 12.7 Å². The second kappa shape index (κ2) is 6.87. The fourth-order valence-electron chi connectivity index (χ4n) is 3.20. The molecule has 0 spiro atoms. The molecule has 2 fully saturated rings. The summed E-state index contributed by atoms with van der Waals surface area (Å²) in [5.74, 6) is -0.586. The smallest absolute Gasteiger partial charge is 0.303 e. The SMILES string of the molecule is O=C(O)CCCS(=O)(=O)N1CCCC(C2CCCN2)C1. The van der Waals surface area contributed by atoms with E-state index >= 15 is 0 Å². The molecule has 20 heavy (non-hydrogen) atoms. The van der Waals surface area contributed by atoms with Crippen LogP contribution < -0.4 is 5.32 Å². The molecule has 116 valence electrons. The normalized spacial score (nSPS) is 28.6. The van der Waals surface area contributed by atoms with E-state index in [-0.39, 0.29) is 18.6 Å². The predicted molar refractivity (Wildman–Crippen MR) is 76.0 cm³/mol. The third-order valence-electron chi connectivity index (χ3n) is 4.27. The summed E-state index contributed by atoms with van der Waals surface area (Å²) in [4.78, 5) is 10.5. The van der Waals surface area contributed by atoms with Crippen LogP contribution >= 0.6 is 0 Å². The fourth-order valence-corrected chi connectivity index (χ4v) is 4.80. The lowest BCUT2D eigenvalue weighted by molar-refractivity contribution is -0.137. The summed E-state index contributed by atoms with van der Waals surface area (Å²) in [7, 11) is -3.30. The monoisotopic (exact) mass is 304 g/mol. The predicted octanol–water partition coefficient (Wildman–Crippen LogP) is 0.645. The standard InChI is InChI=1S/C13H24N2O4S/c16-13(17)6-3-9-20(18,19)15-8-2-4-11(10-15)12-5-1-7-14-12/h11-12,14H,1-10H2,(H,16,17). The Morgan fingerprint density at radius 2 is 2.10 bits per heavy atom. The first-order valence-corrected chi connectivity index (χ1v) is 9.03. The zero-order valence-electron chi connectivity index (χ0n) is 11.8. The molecule has 6 nitrogen and oxygen atoms in total. The maximum Gasteiger partial charge on any atom is 0.303 e. The van der Waals surface area contributed by atoms with Crippen LogP contribution in [0.4, 0.5) is 0 Å². The zero-order chi connectivity index (χ0) is 14.6. The molecule has 2 N–H and O–H groups in total. The fraction of sp³-hybridized carbons (Fsp3) is 0.923. The number of carboxylic acid groups (broad SMARTS) is 1. The number of rotatable bonds is 6. The number of piperidine rings is 1. The highest BCUT2D eigenvalue weighted by atomic mass is 32.2. The average molecular weight is 304 g/mol. The quantitative estimate of drug-likeness (QED) is 0.752. The van der Waals surface area contributed by atoms with Crippen LogP contribution in [0.15, 0.2) is 0 Å². The molecular formula is C13H24N2O4S. The summed E-state index contributed by atoms with van der Waals surface area (Å²) in [5, 5.41) is 12.0. The molecule has 2 rings (SSSR count). The van der Waals surface area contributed by atoms with E-state index in [9.17, 15) is 13.2 Å². The first-order valence-electron chi connectivity index (χ1n) is 7.42. The van der Waals surface area contributed by atoms with Crippen molar-refractivity contribution in [2.24, 2.45) is 5.92 Å². The molecular weight excluding hydrogens is 280 g/mol. The molecule has 2 heterocycles. The Bertz CT molecular complexity index is 432. The topological polar surface area (TPSA) is 86.7 Å². The van der Waals surface area contributed by atoms with Gasteiger partial charge in [0, 0.05) is 25.6 Å². The minimum atomic E-state index is -3.30. The first-order chi connectivity index (χ1) is 9.49. The van der Waals surface area contributed by atoms with Gasteiger partial charge in [0.05, 0.1) is 5.75 Å². The van der Waals surface area contributed by atoms with Crippen molar-refractivity contribution >= 4 is 16.0 Å². The maximum atomic E-state index is 12.2. The number of nitrogens with zero attached hydrogens (tertiary/aromatic N) is 1. The van der Waals surface area contributed by atoms with Gasteiger partial charge in [-0.2, -0.15) is 0 Å². The molecule has 7 heteroatoms. The minimum absolute atomic E-state index is 0.0515. The molecule has 0 aromatic rings. The van der Waals surface area contributed by atoms with Crippen LogP contribution in [0, 0.1) is 5.92 Å². The van der Waals surface area contributed by atoms with Crippen molar-refractivity contribution in [2.75, 3.05) is 25.4 Å². The molecule has 0 amide bonds. The third kappa shape index (κ3) is 4.17. The number of carboxylic acids is 1. The van der Waals surface area contributed by atoms with Crippen molar-refractivity contribution in [2.45, 2.75) is 44.6 Å². The van der Waals surface area contributed by atoms with Crippen molar-refractivity contribution < 1.29 is 18.3 Å². The lowest BCUT2D eigenvalue weighted by atomic mass is 9.91. The van der Waals surface area contributed by atoms with Gasteiger partial charge in [-0.1, -0.05) is 0 Å². The van der Waals surface area contributed by atoms with Gasteiger partial charge in [0.15, 0.2) is 0 Å². The van der Waals surface area contributed by atoms with E-state index in [1.807, 2.05) is 0 Å². The van der Waals surface area contributed by atoms with Gasteiger partial charge in [0.1, 0.15) is 0 Å². The highest BCUT2D eigenvalue weighted by molar-refractivity contribution is 7.89. The summed E-state index contributed by atoms with van der Waals surface area (Å²) in [6, 6.07) is 0.451. The molecule has 2 aliphatic rings. The zero-order valence-corrected chi connectivity index (χ0v) is 12.6. The molecule has 0 aromatic heterocycles. The number of aliphatic carboxylic acids is 1. The molecule has 0 saturated carbocycles. The van der Waals surface area contributed by atoms with E-state index in [1.54, 1.807) is 4.31 Å². The lowest BCUT2D eigenvalue weighted by Crippen LogP contribution is -2.46. The largest absolute Gasteiger partial charge is 0.481 e. The molecule has 0 radical (unpaired) electrons. The van der Waals surface area contributed by atoms with Gasteiger partial charge in [0.2, 0.25) is 10.0 Å². The van der Waals surface area contributed by atoms with Crippen LogP contribution in [0.1, 0.15) is 38.5 Å². The van der Waals surface area contributed by atoms with Gasteiger partial charge >= 0.3 is 5.97 Å². The molecule has 2 unspecified atom stereocenters. The summed E-state index contributed by atoms with van der Waals surface area (Å²) < 4.78 is 26.1. The van der Waals surface area contributed by atoms with Crippen molar-refractivity contribution in [3.05, 3.63) is 0 Å². The van der Waals surface area contributed by atoms with E-state index in [4.69, 9.17) is 5.11 Å². The Labute approximate surface area is 120 Å². The Hall–Kier alpha value is -0.660. The summed E-state index contributed by atoms with van der Waals surface area (Å²) in [6.07, 6.45) is 4.41. The molecule has 2 atom stereocenters. The van der Waals surface area contributed by atoms with Crippen molar-refractivity contribution in [3.8, 4) is 0 Å². The van der Waals surface area contributed by atoms with Crippen LogP contribution in [-0.4, -0.2) is 55.2 Å². The van der Waals surface area contributed by atoms with Gasteiger partial charge in [0.25, 0.3) is 0 Å². The van der Waals surface area contributed by atoms with E-state index in [0.717, 1.165) is 25.8 Å². The van der Waals surface area contributed by atoms with Gasteiger partial charge < -0.3 is 10.4 Å². The molecule has 0 aromatic carbocycles. The van der Waals surface area contributed by atoms with E-state index < -0.39 is 16.0 Å². The van der Waals surface area contributed by atoms with Crippen molar-refractivity contribution in [3.63, 3.8) is 0 Å². The Kier molecular flexibility index (Phi) is 5.40. The maximum absolute atomic E-state index is 12.2. The Morgan fingerprint density at radius 3 is 2.75 bits per heavy atom. The highest BCUT2D eigenvalue weighted by Crippen LogP contribution is 2.26. The van der Waals surface area contributed by atoms with Gasteiger partial charge in [-0.05, 0) is 44.6 Å². The average Bonchev–Trinajstić information content (AvgIpc) is 2.92. The van der Waals surface area contributed by atoms with E-state index in [0.29, 0.717) is 25.0 Å². The number of hydrogen-bond donors (Lipinski definition) is 2. The van der Waals surface area contributed by atoms with Gasteiger partial charge in [-0.15, -0.1) is 0 Å². The molecule has 0 bridgehead atoms. The second-order valence-corrected chi connectivity index (χ2v) is 7.86. The Morgan fingerprint density at radius 1 is 1.30 bits per heavy atom. The van der Waals surface area contributed by atoms with Crippen LogP contribution in [0.25, 0.3) is 0 Å². The minimum Gasteiger partial charge on any atom is -0.481 e. The van der Waals surface area contributed by atoms with Crippen LogP contribution in [0.3, 0.4) is 0 Å². The highest BCUT2D eigenvalue weighted by Gasteiger charge is 2.33. The van der Waals surface area contributed by atoms with Crippen molar-refractivity contribution in [1.82, 2.24) is 9.62 Å². The molecule has 2 aliphatic heterocycles. The molecule has 0 aliphatic carbocycles. The number of nitrogens with one attached hydrogen (secondary N) is 1. The van der Waals surface area contributed by atoms with Crippen molar-refractivity contribution in [1.29, 1.82) is 0 Å². The lowest BCUT2D eigenvalue weighted by Gasteiger charge is -2.35. The van der Waals surface area contributed by atoms with E-state index in [1.165, 1.54) is 6.42 Å². The van der Waals surface area contributed by atoms with Gasteiger partial charge in [-0.3, -0.25) is 4.79 Å². The molecule has 2 saturated heterocycles. The summed E-state index contributed by atoms with van der Waals surface area (Å²) in [5.41, 5.74) is 0. The summed E-state index contributed by atoms with van der Waals surface area (Å²) in [6.45, 7) is 2.21. The Balaban J connectivity index is 1.88. The number of hydrogen-bond acceptors (Lipinski definition) is 4. The first kappa shape index (κ1) is 15.7. The number of carbonyl (C=O) groups is 1. The number of sulfonamides is 1. The third-order valence-corrected chi connectivity index (χ3v) is 6.20. The van der Waals surface area contributed by atoms with Crippen LogP contribution in [-0.2, 0) is 14.8 Å². The summed E-state index contributed by atoms with van der Waals surface area (Å²) >= 11 is 0.